The van der Waals surface area contributed by atoms with E-state index in [2.05, 4.69) is 30.1 Å². The lowest BCUT2D eigenvalue weighted by atomic mass is 10.2. The van der Waals surface area contributed by atoms with Crippen LogP contribution in [0.4, 0.5) is 17.1 Å². The fraction of sp³-hybridized carbons (Fsp3) is 0.278. The molecule has 0 bridgehead atoms. The molecule has 0 unspecified atom stereocenters. The number of carbonyl (C=O) groups is 1. The van der Waals surface area contributed by atoms with Crippen molar-refractivity contribution >= 4 is 46.2 Å². The Kier molecular flexibility index (Phi) is 8.44. The summed E-state index contributed by atoms with van der Waals surface area (Å²) in [6.45, 7) is 7.70. The third-order valence-electron chi connectivity index (χ3n) is 3.25. The number of benzene rings is 2. The van der Waals surface area contributed by atoms with Crippen molar-refractivity contribution in [2.75, 3.05) is 29.0 Å². The first kappa shape index (κ1) is 20.1. The van der Waals surface area contributed by atoms with Gasteiger partial charge in [-0.1, -0.05) is 29.3 Å². The molecule has 0 atom stereocenters. The molecule has 2 aromatic carbocycles. The molecule has 1 amide bonds. The van der Waals surface area contributed by atoms with Crippen LogP contribution in [0.5, 0.6) is 0 Å². The second kappa shape index (κ2) is 10.1. The highest BCUT2D eigenvalue weighted by molar-refractivity contribution is 6.35. The van der Waals surface area contributed by atoms with Gasteiger partial charge in [0.2, 0.25) is 5.91 Å². The Bertz CT molecular complexity index is 673. The van der Waals surface area contributed by atoms with E-state index in [1.807, 2.05) is 18.2 Å². The number of amides is 1. The van der Waals surface area contributed by atoms with Crippen LogP contribution in [0.2, 0.25) is 10.0 Å². The molecule has 4 nitrogen and oxygen atoms in total. The molecule has 0 aliphatic carbocycles. The number of halogens is 2. The number of rotatable bonds is 4. The molecule has 0 heterocycles. The maximum absolute atomic E-state index is 10.9. The zero-order valence-electron chi connectivity index (χ0n) is 14.1. The average molecular weight is 368 g/mol. The van der Waals surface area contributed by atoms with Crippen LogP contribution in [0.15, 0.2) is 42.5 Å². The molecule has 24 heavy (non-hydrogen) atoms. The lowest BCUT2D eigenvalue weighted by Gasteiger charge is -2.21. The molecule has 0 spiro atoms. The summed E-state index contributed by atoms with van der Waals surface area (Å²) in [7, 11) is 0. The van der Waals surface area contributed by atoms with E-state index >= 15 is 0 Å². The van der Waals surface area contributed by atoms with Crippen LogP contribution in [0.3, 0.4) is 0 Å². The summed E-state index contributed by atoms with van der Waals surface area (Å²) in [5.41, 5.74) is 7.92. The molecule has 0 radical (unpaired) electrons. The maximum atomic E-state index is 10.9. The van der Waals surface area contributed by atoms with Crippen molar-refractivity contribution in [3.05, 3.63) is 52.5 Å². The second-order valence-electron chi connectivity index (χ2n) is 5.07. The van der Waals surface area contributed by atoms with Crippen LogP contribution in [-0.4, -0.2) is 19.0 Å². The summed E-state index contributed by atoms with van der Waals surface area (Å²) in [6, 6.07) is 12.9. The molecule has 0 saturated carbocycles. The number of nitrogens with zero attached hydrogens (tertiary/aromatic N) is 1. The molecule has 3 N–H and O–H groups in total. The second-order valence-corrected chi connectivity index (χ2v) is 5.91. The molecular formula is C18H23Cl2N3O. The van der Waals surface area contributed by atoms with Crippen LogP contribution >= 0.6 is 23.2 Å². The van der Waals surface area contributed by atoms with Crippen molar-refractivity contribution in [2.24, 2.45) is 0 Å². The molecule has 0 fully saturated rings. The lowest BCUT2D eigenvalue weighted by Crippen LogP contribution is -2.21. The minimum absolute atomic E-state index is 0.0355. The molecular weight excluding hydrogens is 345 g/mol. The number of nitrogens with two attached hydrogens (primary N) is 1. The highest BCUT2D eigenvalue weighted by Crippen LogP contribution is 2.21. The first-order chi connectivity index (χ1) is 11.4. The van der Waals surface area contributed by atoms with Gasteiger partial charge in [-0.25, -0.2) is 0 Å². The van der Waals surface area contributed by atoms with Gasteiger partial charge >= 0.3 is 0 Å². The van der Waals surface area contributed by atoms with E-state index in [1.165, 1.54) is 6.92 Å². The van der Waals surface area contributed by atoms with Crippen molar-refractivity contribution in [1.29, 1.82) is 0 Å². The Labute approximate surface area is 153 Å². The average Bonchev–Trinajstić information content (AvgIpc) is 2.53. The van der Waals surface area contributed by atoms with E-state index in [1.54, 1.807) is 18.2 Å². The predicted octanol–water partition coefficient (Wildman–Crippen LogP) is 5.07. The molecule has 0 aromatic heterocycles. The monoisotopic (exact) mass is 367 g/mol. The third-order valence-corrected chi connectivity index (χ3v) is 3.83. The van der Waals surface area contributed by atoms with Crippen molar-refractivity contribution in [1.82, 2.24) is 0 Å². The Morgan fingerprint density at radius 1 is 1.12 bits per heavy atom. The van der Waals surface area contributed by atoms with Gasteiger partial charge in [0.15, 0.2) is 0 Å². The largest absolute Gasteiger partial charge is 0.397 e. The zero-order chi connectivity index (χ0) is 18.1. The number of nitrogens with one attached hydrogen (secondary N) is 1. The van der Waals surface area contributed by atoms with Crippen molar-refractivity contribution in [3.63, 3.8) is 0 Å². The summed E-state index contributed by atoms with van der Waals surface area (Å²) < 4.78 is 0. The van der Waals surface area contributed by atoms with Gasteiger partial charge in [-0.05, 0) is 50.2 Å². The SMILES string of the molecule is CCN(CC)c1cccc(NC(C)=O)c1.Nc1cc(Cl)ccc1Cl. The fourth-order valence-corrected chi connectivity index (χ4v) is 2.39. The molecule has 2 rings (SSSR count). The van der Waals surface area contributed by atoms with E-state index < -0.39 is 0 Å². The number of hydrogen-bond donors (Lipinski definition) is 2. The third kappa shape index (κ3) is 6.69. The van der Waals surface area contributed by atoms with Crippen LogP contribution in [0.1, 0.15) is 20.8 Å². The molecule has 6 heteroatoms. The van der Waals surface area contributed by atoms with Crippen LogP contribution in [0, 0.1) is 0 Å². The summed E-state index contributed by atoms with van der Waals surface area (Å²) in [5.74, 6) is -0.0355. The maximum Gasteiger partial charge on any atom is 0.221 e. The first-order valence-corrected chi connectivity index (χ1v) is 8.46. The Morgan fingerprint density at radius 2 is 1.79 bits per heavy atom. The number of carbonyl (C=O) groups excluding carboxylic acids is 1. The highest BCUT2D eigenvalue weighted by atomic mass is 35.5. The van der Waals surface area contributed by atoms with Gasteiger partial charge in [-0.3, -0.25) is 4.79 Å². The Hall–Kier alpha value is -1.91. The fourth-order valence-electron chi connectivity index (χ4n) is 2.09. The number of nitrogen functional groups attached to an aromatic ring is 1. The van der Waals surface area contributed by atoms with Gasteiger partial charge in [0.05, 0.1) is 10.7 Å². The van der Waals surface area contributed by atoms with E-state index in [-0.39, 0.29) is 5.91 Å². The molecule has 0 aliphatic heterocycles. The van der Waals surface area contributed by atoms with Gasteiger partial charge in [-0.2, -0.15) is 0 Å². The quantitative estimate of drug-likeness (QED) is 0.741. The molecule has 0 aliphatic rings. The predicted molar refractivity (Wildman–Crippen MR) is 105 cm³/mol. The van der Waals surface area contributed by atoms with Crippen LogP contribution < -0.4 is 16.0 Å². The van der Waals surface area contributed by atoms with E-state index in [0.717, 1.165) is 24.5 Å². The van der Waals surface area contributed by atoms with Crippen molar-refractivity contribution in [3.8, 4) is 0 Å². The molecule has 2 aromatic rings. The molecule has 130 valence electrons. The van der Waals surface area contributed by atoms with Gasteiger partial charge in [-0.15, -0.1) is 0 Å². The highest BCUT2D eigenvalue weighted by Gasteiger charge is 2.02. The first-order valence-electron chi connectivity index (χ1n) is 7.70. The van der Waals surface area contributed by atoms with E-state index in [0.29, 0.717) is 15.7 Å². The van der Waals surface area contributed by atoms with Crippen molar-refractivity contribution < 1.29 is 4.79 Å². The number of anilines is 3. The normalized spacial score (nSPS) is 9.71. The Morgan fingerprint density at radius 3 is 2.29 bits per heavy atom. The van der Waals surface area contributed by atoms with Gasteiger partial charge in [0.25, 0.3) is 0 Å². The summed E-state index contributed by atoms with van der Waals surface area (Å²) >= 11 is 11.2. The van der Waals surface area contributed by atoms with Crippen LogP contribution in [-0.2, 0) is 4.79 Å². The van der Waals surface area contributed by atoms with E-state index in [4.69, 9.17) is 28.9 Å². The zero-order valence-corrected chi connectivity index (χ0v) is 15.7. The Balaban J connectivity index is 0.000000272. The van der Waals surface area contributed by atoms with Crippen molar-refractivity contribution in [2.45, 2.75) is 20.8 Å². The molecule has 0 saturated heterocycles. The van der Waals surface area contributed by atoms with E-state index in [9.17, 15) is 4.79 Å². The van der Waals surface area contributed by atoms with Gasteiger partial charge in [0, 0.05) is 36.4 Å². The lowest BCUT2D eigenvalue weighted by molar-refractivity contribution is -0.114. The van der Waals surface area contributed by atoms with Gasteiger partial charge in [0.1, 0.15) is 0 Å². The standard InChI is InChI=1S/C12H18N2O.C6H5Cl2N/c1-4-14(5-2)12-8-6-7-11(9-12)13-10(3)15;7-4-1-2-5(8)6(9)3-4/h6-9H,4-5H2,1-3H3,(H,13,15);1-3H,9H2. The smallest absolute Gasteiger partial charge is 0.221 e. The summed E-state index contributed by atoms with van der Waals surface area (Å²) in [5, 5.41) is 3.93. The minimum Gasteiger partial charge on any atom is -0.397 e. The van der Waals surface area contributed by atoms with Crippen LogP contribution in [0.25, 0.3) is 0 Å². The topological polar surface area (TPSA) is 58.4 Å². The summed E-state index contributed by atoms with van der Waals surface area (Å²) in [6.07, 6.45) is 0. The summed E-state index contributed by atoms with van der Waals surface area (Å²) in [4.78, 5) is 13.2. The minimum atomic E-state index is -0.0355. The van der Waals surface area contributed by atoms with Gasteiger partial charge < -0.3 is 16.0 Å². The number of hydrogen-bond acceptors (Lipinski definition) is 3.